The first-order chi connectivity index (χ1) is 9.04. The van der Waals surface area contributed by atoms with Crippen LogP contribution in [0.15, 0.2) is 30.5 Å². The minimum absolute atomic E-state index is 0.194. The smallest absolute Gasteiger partial charge is 0.357 e. The Balaban J connectivity index is 2.63. The van der Waals surface area contributed by atoms with Crippen LogP contribution >= 0.6 is 34.8 Å². The maximum atomic E-state index is 11.7. The van der Waals surface area contributed by atoms with Crippen molar-refractivity contribution >= 4 is 40.8 Å². The van der Waals surface area contributed by atoms with E-state index in [-0.39, 0.29) is 10.7 Å². The molecule has 2 aromatic rings. The topological polar surface area (TPSA) is 39.2 Å². The van der Waals surface area contributed by atoms with Crippen LogP contribution in [0.5, 0.6) is 0 Å². The molecule has 0 N–H and O–H groups in total. The lowest BCUT2D eigenvalue weighted by molar-refractivity contribution is 0.0595. The molecular formula is C13H8Cl3NO2. The van der Waals surface area contributed by atoms with Gasteiger partial charge < -0.3 is 4.74 Å². The average Bonchev–Trinajstić information content (AvgIpc) is 2.43. The van der Waals surface area contributed by atoms with E-state index in [0.29, 0.717) is 21.2 Å². The molecule has 0 spiro atoms. The van der Waals surface area contributed by atoms with Crippen LogP contribution in [0.3, 0.4) is 0 Å². The van der Waals surface area contributed by atoms with Crippen LogP contribution in [0, 0.1) is 0 Å². The summed E-state index contributed by atoms with van der Waals surface area (Å²) >= 11 is 17.9. The van der Waals surface area contributed by atoms with E-state index in [1.165, 1.54) is 13.3 Å². The second kappa shape index (κ2) is 5.78. The average molecular weight is 317 g/mol. The van der Waals surface area contributed by atoms with E-state index in [0.717, 1.165) is 0 Å². The number of hydrogen-bond donors (Lipinski definition) is 0. The van der Waals surface area contributed by atoms with Crippen LogP contribution in [0.25, 0.3) is 11.1 Å². The zero-order valence-electron chi connectivity index (χ0n) is 9.78. The fourth-order valence-corrected chi connectivity index (χ4v) is 2.20. The van der Waals surface area contributed by atoms with Crippen molar-refractivity contribution in [2.75, 3.05) is 7.11 Å². The van der Waals surface area contributed by atoms with E-state index in [2.05, 4.69) is 9.72 Å². The highest BCUT2D eigenvalue weighted by molar-refractivity contribution is 6.48. The van der Waals surface area contributed by atoms with E-state index in [1.807, 2.05) is 0 Å². The quantitative estimate of drug-likeness (QED) is 0.605. The number of pyridine rings is 1. The lowest BCUT2D eigenvalue weighted by atomic mass is 10.0. The molecule has 1 aromatic heterocycles. The molecule has 0 aliphatic carbocycles. The summed E-state index contributed by atoms with van der Waals surface area (Å²) in [6.45, 7) is 0. The first kappa shape index (κ1) is 14.1. The molecule has 0 fully saturated rings. The number of benzene rings is 1. The molecule has 2 rings (SSSR count). The zero-order valence-corrected chi connectivity index (χ0v) is 12.1. The highest BCUT2D eigenvalue weighted by atomic mass is 35.5. The SMILES string of the molecule is COC(=O)c1ncccc1-c1cc(Cl)c(Cl)c(Cl)c1. The van der Waals surface area contributed by atoms with Gasteiger partial charge in [0, 0.05) is 11.8 Å². The van der Waals surface area contributed by atoms with Gasteiger partial charge in [-0.15, -0.1) is 0 Å². The molecule has 0 unspecified atom stereocenters. The molecule has 0 aliphatic rings. The summed E-state index contributed by atoms with van der Waals surface area (Å²) in [6.07, 6.45) is 1.51. The van der Waals surface area contributed by atoms with Crippen LogP contribution in [0.2, 0.25) is 15.1 Å². The Bertz CT molecular complexity index is 621. The predicted octanol–water partition coefficient (Wildman–Crippen LogP) is 4.50. The second-order valence-corrected chi connectivity index (χ2v) is 4.84. The Morgan fingerprint density at radius 2 is 1.84 bits per heavy atom. The van der Waals surface area contributed by atoms with Gasteiger partial charge in [0.15, 0.2) is 5.69 Å². The normalized spacial score (nSPS) is 10.3. The largest absolute Gasteiger partial charge is 0.464 e. The van der Waals surface area contributed by atoms with Gasteiger partial charge in [-0.1, -0.05) is 40.9 Å². The first-order valence-corrected chi connectivity index (χ1v) is 6.36. The molecule has 19 heavy (non-hydrogen) atoms. The monoisotopic (exact) mass is 315 g/mol. The molecule has 0 saturated heterocycles. The van der Waals surface area contributed by atoms with Crippen molar-refractivity contribution in [1.29, 1.82) is 0 Å². The van der Waals surface area contributed by atoms with Gasteiger partial charge in [-0.2, -0.15) is 0 Å². The molecule has 6 heteroatoms. The summed E-state index contributed by atoms with van der Waals surface area (Å²) in [5, 5.41) is 0.892. The summed E-state index contributed by atoms with van der Waals surface area (Å²) in [5.41, 5.74) is 1.42. The predicted molar refractivity (Wildman–Crippen MR) is 76.0 cm³/mol. The Labute approximate surface area is 125 Å². The van der Waals surface area contributed by atoms with Crippen molar-refractivity contribution in [1.82, 2.24) is 4.98 Å². The summed E-state index contributed by atoms with van der Waals surface area (Å²) in [4.78, 5) is 15.7. The van der Waals surface area contributed by atoms with Crippen LogP contribution < -0.4 is 0 Å². The fourth-order valence-electron chi connectivity index (χ4n) is 1.61. The van der Waals surface area contributed by atoms with E-state index in [1.54, 1.807) is 24.3 Å². The van der Waals surface area contributed by atoms with Crippen molar-refractivity contribution < 1.29 is 9.53 Å². The van der Waals surface area contributed by atoms with E-state index in [9.17, 15) is 4.79 Å². The Morgan fingerprint density at radius 3 is 2.42 bits per heavy atom. The Hall–Kier alpha value is -1.29. The van der Waals surface area contributed by atoms with E-state index >= 15 is 0 Å². The molecule has 1 heterocycles. The number of carbonyl (C=O) groups excluding carboxylic acids is 1. The number of ether oxygens (including phenoxy) is 1. The Morgan fingerprint density at radius 1 is 1.21 bits per heavy atom. The molecular weight excluding hydrogens is 309 g/mol. The van der Waals surface area contributed by atoms with Crippen molar-refractivity contribution in [3.05, 3.63) is 51.2 Å². The number of aromatic nitrogens is 1. The van der Waals surface area contributed by atoms with Gasteiger partial charge in [0.2, 0.25) is 0 Å². The minimum atomic E-state index is -0.530. The highest BCUT2D eigenvalue weighted by Gasteiger charge is 2.16. The van der Waals surface area contributed by atoms with Gasteiger partial charge in [-0.25, -0.2) is 9.78 Å². The number of methoxy groups -OCH3 is 1. The molecule has 0 atom stereocenters. The van der Waals surface area contributed by atoms with Crippen LogP contribution in [-0.4, -0.2) is 18.1 Å². The van der Waals surface area contributed by atoms with Crippen LogP contribution in [0.4, 0.5) is 0 Å². The summed E-state index contributed by atoms with van der Waals surface area (Å²) in [6, 6.07) is 6.69. The third-order valence-corrected chi connectivity index (χ3v) is 3.68. The maximum Gasteiger partial charge on any atom is 0.357 e. The number of rotatable bonds is 2. The summed E-state index contributed by atoms with van der Waals surface area (Å²) in [7, 11) is 1.29. The van der Waals surface area contributed by atoms with Gasteiger partial charge in [0.05, 0.1) is 22.2 Å². The molecule has 0 saturated carbocycles. The van der Waals surface area contributed by atoms with Gasteiger partial charge in [-0.05, 0) is 23.8 Å². The zero-order chi connectivity index (χ0) is 14.0. The van der Waals surface area contributed by atoms with E-state index < -0.39 is 5.97 Å². The lowest BCUT2D eigenvalue weighted by Gasteiger charge is -2.09. The van der Waals surface area contributed by atoms with Crippen LogP contribution in [-0.2, 0) is 4.74 Å². The van der Waals surface area contributed by atoms with Crippen molar-refractivity contribution in [2.45, 2.75) is 0 Å². The van der Waals surface area contributed by atoms with Gasteiger partial charge in [0.1, 0.15) is 0 Å². The molecule has 98 valence electrons. The Kier molecular flexibility index (Phi) is 4.30. The first-order valence-electron chi connectivity index (χ1n) is 5.23. The van der Waals surface area contributed by atoms with Crippen molar-refractivity contribution in [3.63, 3.8) is 0 Å². The van der Waals surface area contributed by atoms with Gasteiger partial charge in [0.25, 0.3) is 0 Å². The van der Waals surface area contributed by atoms with E-state index in [4.69, 9.17) is 34.8 Å². The standard InChI is InChI=1S/C13H8Cl3NO2/c1-19-13(18)12-8(3-2-4-17-12)7-5-9(14)11(16)10(15)6-7/h2-6H,1H3. The van der Waals surface area contributed by atoms with Crippen LogP contribution in [0.1, 0.15) is 10.5 Å². The number of hydrogen-bond acceptors (Lipinski definition) is 3. The fraction of sp³-hybridized carbons (Fsp3) is 0.0769. The minimum Gasteiger partial charge on any atom is -0.464 e. The maximum absolute atomic E-state index is 11.7. The molecule has 0 amide bonds. The third kappa shape index (κ3) is 2.84. The van der Waals surface area contributed by atoms with Crippen molar-refractivity contribution in [3.8, 4) is 11.1 Å². The highest BCUT2D eigenvalue weighted by Crippen LogP contribution is 2.35. The van der Waals surface area contributed by atoms with Gasteiger partial charge in [-0.3, -0.25) is 0 Å². The molecule has 0 aliphatic heterocycles. The number of nitrogens with zero attached hydrogens (tertiary/aromatic N) is 1. The molecule has 3 nitrogen and oxygen atoms in total. The van der Waals surface area contributed by atoms with Crippen molar-refractivity contribution in [2.24, 2.45) is 0 Å². The second-order valence-electron chi connectivity index (χ2n) is 3.65. The number of halogens is 3. The number of carbonyl (C=O) groups is 1. The number of esters is 1. The molecule has 1 aromatic carbocycles. The van der Waals surface area contributed by atoms with Gasteiger partial charge >= 0.3 is 5.97 Å². The third-order valence-electron chi connectivity index (χ3n) is 2.48. The summed E-state index contributed by atoms with van der Waals surface area (Å²) in [5.74, 6) is -0.530. The lowest BCUT2D eigenvalue weighted by Crippen LogP contribution is -2.06. The molecule has 0 radical (unpaired) electrons. The molecule has 0 bridgehead atoms. The summed E-state index contributed by atoms with van der Waals surface area (Å²) < 4.78 is 4.69.